The fourth-order valence-corrected chi connectivity index (χ4v) is 4.28. The molecule has 1 aromatic heterocycles. The van der Waals surface area contributed by atoms with Crippen molar-refractivity contribution in [1.29, 1.82) is 0 Å². The van der Waals surface area contributed by atoms with Gasteiger partial charge in [0.1, 0.15) is 12.1 Å². The van der Waals surface area contributed by atoms with Crippen LogP contribution in [-0.2, 0) is 15.1 Å². The van der Waals surface area contributed by atoms with Crippen LogP contribution in [0.5, 0.6) is 0 Å². The second kappa shape index (κ2) is 6.81. The zero-order chi connectivity index (χ0) is 19.0. The van der Waals surface area contributed by atoms with Crippen LogP contribution in [0.4, 0.5) is 4.79 Å². The number of benzene rings is 1. The Hall–Kier alpha value is -2.67. The van der Waals surface area contributed by atoms with Gasteiger partial charge in [0, 0.05) is 0 Å². The van der Waals surface area contributed by atoms with E-state index in [1.165, 1.54) is 11.3 Å². The molecule has 2 unspecified atom stereocenters. The lowest BCUT2D eigenvalue weighted by Gasteiger charge is -2.22. The number of nitrogens with one attached hydrogen (secondary N) is 2. The third kappa shape index (κ3) is 3.35. The molecule has 0 bridgehead atoms. The van der Waals surface area contributed by atoms with Crippen LogP contribution in [0, 0.1) is 5.92 Å². The summed E-state index contributed by atoms with van der Waals surface area (Å²) in [4.78, 5) is 38.8. The fraction of sp³-hybridized carbons (Fsp3) is 0.350. The summed E-state index contributed by atoms with van der Waals surface area (Å²) in [6.45, 7) is 1.39. The number of imide groups is 1. The SMILES string of the molecule is CC1(c2ccsc2)NC(=O)N(CC(=O)NC(c2ccccc2)C2CC2)C1=O. The quantitative estimate of drug-likeness (QED) is 0.753. The topological polar surface area (TPSA) is 78.5 Å². The van der Waals surface area contributed by atoms with Crippen molar-refractivity contribution in [3.63, 3.8) is 0 Å². The minimum absolute atomic E-state index is 0.0808. The monoisotopic (exact) mass is 383 g/mol. The van der Waals surface area contributed by atoms with Crippen molar-refractivity contribution in [1.82, 2.24) is 15.5 Å². The Labute approximate surface area is 161 Å². The molecule has 2 aliphatic rings. The number of urea groups is 1. The normalized spacial score (nSPS) is 23.2. The van der Waals surface area contributed by atoms with Crippen molar-refractivity contribution in [2.24, 2.45) is 5.92 Å². The molecule has 1 aliphatic carbocycles. The van der Waals surface area contributed by atoms with E-state index in [-0.39, 0.29) is 18.5 Å². The highest BCUT2D eigenvalue weighted by molar-refractivity contribution is 7.08. The third-order valence-corrected chi connectivity index (χ3v) is 5.93. The molecule has 7 heteroatoms. The van der Waals surface area contributed by atoms with E-state index in [1.807, 2.05) is 47.2 Å². The summed E-state index contributed by atoms with van der Waals surface area (Å²) in [7, 11) is 0. The summed E-state index contributed by atoms with van der Waals surface area (Å²) in [6, 6.07) is 11.0. The molecule has 27 heavy (non-hydrogen) atoms. The first kappa shape index (κ1) is 17.7. The Morgan fingerprint density at radius 1 is 1.30 bits per heavy atom. The number of rotatable bonds is 6. The van der Waals surface area contributed by atoms with Gasteiger partial charge in [-0.05, 0) is 53.6 Å². The van der Waals surface area contributed by atoms with E-state index in [4.69, 9.17) is 0 Å². The summed E-state index contributed by atoms with van der Waals surface area (Å²) in [5.74, 6) is -0.312. The number of carbonyl (C=O) groups is 3. The Morgan fingerprint density at radius 2 is 2.04 bits per heavy atom. The molecule has 2 fully saturated rings. The highest BCUT2D eigenvalue weighted by Crippen LogP contribution is 2.41. The third-order valence-electron chi connectivity index (χ3n) is 5.24. The van der Waals surface area contributed by atoms with E-state index in [0.717, 1.165) is 28.9 Å². The van der Waals surface area contributed by atoms with Crippen molar-refractivity contribution in [2.45, 2.75) is 31.3 Å². The smallest absolute Gasteiger partial charge is 0.325 e. The molecule has 1 aliphatic heterocycles. The van der Waals surface area contributed by atoms with Crippen LogP contribution in [-0.4, -0.2) is 29.3 Å². The molecular weight excluding hydrogens is 362 g/mol. The highest BCUT2D eigenvalue weighted by Gasteiger charge is 2.49. The van der Waals surface area contributed by atoms with Gasteiger partial charge in [-0.15, -0.1) is 0 Å². The number of hydrogen-bond acceptors (Lipinski definition) is 4. The van der Waals surface area contributed by atoms with Gasteiger partial charge >= 0.3 is 6.03 Å². The largest absolute Gasteiger partial charge is 0.347 e. The molecule has 1 saturated carbocycles. The van der Waals surface area contributed by atoms with Crippen LogP contribution in [0.3, 0.4) is 0 Å². The summed E-state index contributed by atoms with van der Waals surface area (Å²) in [5.41, 5.74) is 0.662. The average molecular weight is 383 g/mol. The average Bonchev–Trinajstić information content (AvgIpc) is 3.30. The standard InChI is InChI=1S/C20H21N3O3S/c1-20(15-9-10-27-12-15)18(25)23(19(26)22-20)11-16(24)21-17(14-7-8-14)13-5-3-2-4-6-13/h2-6,9-10,12,14,17H,7-8,11H2,1H3,(H,21,24)(H,22,26). The molecule has 0 spiro atoms. The summed E-state index contributed by atoms with van der Waals surface area (Å²) in [5, 5.41) is 9.43. The van der Waals surface area contributed by atoms with E-state index in [9.17, 15) is 14.4 Å². The van der Waals surface area contributed by atoms with Crippen LogP contribution in [0.1, 0.15) is 36.9 Å². The van der Waals surface area contributed by atoms with Crippen LogP contribution in [0.2, 0.25) is 0 Å². The lowest BCUT2D eigenvalue weighted by molar-refractivity contribution is -0.135. The number of nitrogens with zero attached hydrogens (tertiary/aromatic N) is 1. The molecule has 4 amide bonds. The van der Waals surface area contributed by atoms with Gasteiger partial charge in [0.15, 0.2) is 0 Å². The van der Waals surface area contributed by atoms with Gasteiger partial charge in [0.05, 0.1) is 6.04 Å². The van der Waals surface area contributed by atoms with Crippen molar-refractivity contribution < 1.29 is 14.4 Å². The second-order valence-electron chi connectivity index (χ2n) is 7.25. The van der Waals surface area contributed by atoms with Crippen molar-refractivity contribution in [2.75, 3.05) is 6.54 Å². The molecule has 140 valence electrons. The maximum atomic E-state index is 12.8. The van der Waals surface area contributed by atoms with Gasteiger partial charge in [-0.25, -0.2) is 4.79 Å². The van der Waals surface area contributed by atoms with Crippen LogP contribution in [0.25, 0.3) is 0 Å². The van der Waals surface area contributed by atoms with Crippen LogP contribution in [0.15, 0.2) is 47.2 Å². The Morgan fingerprint density at radius 3 is 2.67 bits per heavy atom. The lowest BCUT2D eigenvalue weighted by atomic mass is 9.95. The molecule has 2 N–H and O–H groups in total. The lowest BCUT2D eigenvalue weighted by Crippen LogP contribution is -2.44. The first-order valence-electron chi connectivity index (χ1n) is 9.00. The van der Waals surface area contributed by atoms with E-state index < -0.39 is 17.5 Å². The van der Waals surface area contributed by atoms with Crippen LogP contribution < -0.4 is 10.6 Å². The second-order valence-corrected chi connectivity index (χ2v) is 8.03. The first-order valence-corrected chi connectivity index (χ1v) is 9.94. The van der Waals surface area contributed by atoms with E-state index in [2.05, 4.69) is 10.6 Å². The number of hydrogen-bond donors (Lipinski definition) is 2. The number of amides is 4. The van der Waals surface area contributed by atoms with Gasteiger partial charge in [0.2, 0.25) is 5.91 Å². The Balaban J connectivity index is 1.46. The van der Waals surface area contributed by atoms with E-state index in [1.54, 1.807) is 6.92 Å². The summed E-state index contributed by atoms with van der Waals surface area (Å²) >= 11 is 1.46. The molecule has 6 nitrogen and oxygen atoms in total. The minimum Gasteiger partial charge on any atom is -0.347 e. The highest BCUT2D eigenvalue weighted by atomic mass is 32.1. The Kier molecular flexibility index (Phi) is 4.47. The van der Waals surface area contributed by atoms with Crippen molar-refractivity contribution in [3.05, 3.63) is 58.3 Å². The maximum Gasteiger partial charge on any atom is 0.325 e. The summed E-state index contributed by atoms with van der Waals surface area (Å²) < 4.78 is 0. The van der Waals surface area contributed by atoms with E-state index in [0.29, 0.717) is 5.92 Å². The molecule has 4 rings (SSSR count). The Bertz CT molecular complexity index is 864. The number of carbonyl (C=O) groups excluding carboxylic acids is 3. The van der Waals surface area contributed by atoms with Gasteiger partial charge in [-0.2, -0.15) is 11.3 Å². The van der Waals surface area contributed by atoms with Gasteiger partial charge in [0.25, 0.3) is 5.91 Å². The zero-order valence-electron chi connectivity index (χ0n) is 15.0. The predicted octanol–water partition coefficient (Wildman–Crippen LogP) is 2.78. The van der Waals surface area contributed by atoms with Crippen molar-refractivity contribution in [3.8, 4) is 0 Å². The molecule has 0 radical (unpaired) electrons. The molecular formula is C20H21N3O3S. The fourth-order valence-electron chi connectivity index (χ4n) is 3.51. The van der Waals surface area contributed by atoms with Gasteiger partial charge in [-0.3, -0.25) is 14.5 Å². The zero-order valence-corrected chi connectivity index (χ0v) is 15.8. The predicted molar refractivity (Wildman–Crippen MR) is 102 cm³/mol. The van der Waals surface area contributed by atoms with Gasteiger partial charge in [-0.1, -0.05) is 30.3 Å². The summed E-state index contributed by atoms with van der Waals surface area (Å²) in [6.07, 6.45) is 2.14. The molecule has 2 aromatic rings. The van der Waals surface area contributed by atoms with Gasteiger partial charge < -0.3 is 10.6 Å². The first-order chi connectivity index (χ1) is 13.0. The molecule has 2 heterocycles. The maximum absolute atomic E-state index is 12.8. The van der Waals surface area contributed by atoms with Crippen LogP contribution >= 0.6 is 11.3 Å². The molecule has 1 aromatic carbocycles. The minimum atomic E-state index is -1.12. The number of thiophene rings is 1. The van der Waals surface area contributed by atoms with E-state index >= 15 is 0 Å². The molecule has 1 saturated heterocycles. The molecule has 2 atom stereocenters. The van der Waals surface area contributed by atoms with Crippen molar-refractivity contribution >= 4 is 29.2 Å².